The minimum absolute atomic E-state index is 0.0846. The summed E-state index contributed by atoms with van der Waals surface area (Å²) in [5.74, 6) is -8.08. The predicted octanol–water partition coefficient (Wildman–Crippen LogP) is 1.41. The maximum Gasteiger partial charge on any atom is 0.381 e. The van der Waals surface area contributed by atoms with Gasteiger partial charge in [0.1, 0.15) is 0 Å². The summed E-state index contributed by atoms with van der Waals surface area (Å²) in [5.41, 5.74) is 0. The Balaban J connectivity index is 4.50. The third-order valence-corrected chi connectivity index (χ3v) is 1.49. The second kappa shape index (κ2) is 4.30. The van der Waals surface area contributed by atoms with Crippen molar-refractivity contribution in [1.29, 1.82) is 0 Å². The van der Waals surface area contributed by atoms with Gasteiger partial charge < -0.3 is 4.74 Å². The zero-order valence-electron chi connectivity index (χ0n) is 7.77. The number of hydrogen-bond donors (Lipinski definition) is 0. The van der Waals surface area contributed by atoms with Crippen LogP contribution in [0.4, 0.5) is 8.78 Å². The van der Waals surface area contributed by atoms with E-state index in [0.29, 0.717) is 0 Å². The van der Waals surface area contributed by atoms with Gasteiger partial charge in [-0.05, 0) is 6.92 Å². The molecule has 0 radical (unpaired) electrons. The molecule has 0 bridgehead atoms. The topological polar surface area (TPSA) is 43.4 Å². The average Bonchev–Trinajstić information content (AvgIpc) is 2.03. The quantitative estimate of drug-likeness (QED) is 0.502. The molecular weight excluding hydrogens is 182 g/mol. The number of hydrogen-bond acceptors (Lipinski definition) is 3. The molecule has 0 saturated carbocycles. The minimum atomic E-state index is -3.63. The van der Waals surface area contributed by atoms with Gasteiger partial charge in [-0.25, -0.2) is 4.79 Å². The first-order chi connectivity index (χ1) is 5.84. The Labute approximate surface area is 75.1 Å². The normalized spacial score (nSPS) is 11.5. The summed E-state index contributed by atoms with van der Waals surface area (Å²) >= 11 is 0. The van der Waals surface area contributed by atoms with Crippen molar-refractivity contribution >= 4 is 11.8 Å². The number of ether oxygens (including phenoxy) is 1. The van der Waals surface area contributed by atoms with Gasteiger partial charge in [0.25, 0.3) is 0 Å². The molecule has 0 N–H and O–H groups in total. The highest BCUT2D eigenvalue weighted by Crippen LogP contribution is 2.25. The molecule has 0 rings (SSSR count). The van der Waals surface area contributed by atoms with Crippen LogP contribution in [0.3, 0.4) is 0 Å². The summed E-state index contributed by atoms with van der Waals surface area (Å²) in [7, 11) is 0. The number of Topliss-reactive ketones (excluding diaryl/α,β-unsaturated/α-hetero) is 1. The molecule has 0 aromatic heterocycles. The Hall–Kier alpha value is -1.00. The lowest BCUT2D eigenvalue weighted by Gasteiger charge is -2.17. The van der Waals surface area contributed by atoms with Gasteiger partial charge in [-0.2, -0.15) is 8.78 Å². The molecule has 5 heteroatoms. The lowest BCUT2D eigenvalue weighted by Crippen LogP contribution is -2.40. The predicted molar refractivity (Wildman–Crippen MR) is 41.4 cm³/mol. The van der Waals surface area contributed by atoms with Gasteiger partial charge in [0.2, 0.25) is 0 Å². The van der Waals surface area contributed by atoms with E-state index in [-0.39, 0.29) is 6.61 Å². The molecule has 0 aromatic carbocycles. The van der Waals surface area contributed by atoms with Crippen LogP contribution in [0, 0.1) is 5.92 Å². The third-order valence-electron chi connectivity index (χ3n) is 1.49. The van der Waals surface area contributed by atoms with E-state index >= 15 is 0 Å². The average molecular weight is 194 g/mol. The first kappa shape index (κ1) is 12.0. The van der Waals surface area contributed by atoms with Gasteiger partial charge >= 0.3 is 17.7 Å². The second-order valence-corrected chi connectivity index (χ2v) is 2.83. The summed E-state index contributed by atoms with van der Waals surface area (Å²) in [6, 6.07) is 0. The number of esters is 1. The molecule has 0 unspecified atom stereocenters. The zero-order valence-corrected chi connectivity index (χ0v) is 7.77. The summed E-state index contributed by atoms with van der Waals surface area (Å²) in [5, 5.41) is 0. The second-order valence-electron chi connectivity index (χ2n) is 2.83. The van der Waals surface area contributed by atoms with Gasteiger partial charge in [0, 0.05) is 5.92 Å². The molecule has 0 amide bonds. The van der Waals surface area contributed by atoms with Crippen molar-refractivity contribution < 1.29 is 23.1 Å². The number of carbonyl (C=O) groups is 2. The molecule has 0 saturated heterocycles. The fraction of sp³-hybridized carbons (Fsp3) is 0.750. The van der Waals surface area contributed by atoms with E-state index in [2.05, 4.69) is 4.74 Å². The highest BCUT2D eigenvalue weighted by molar-refractivity contribution is 6.36. The van der Waals surface area contributed by atoms with E-state index in [1.807, 2.05) is 0 Å². The van der Waals surface area contributed by atoms with Crippen molar-refractivity contribution in [2.24, 2.45) is 5.92 Å². The van der Waals surface area contributed by atoms with Crippen LogP contribution in [0.1, 0.15) is 20.8 Å². The summed E-state index contributed by atoms with van der Waals surface area (Å²) in [6.45, 7) is 3.69. The van der Waals surface area contributed by atoms with Crippen LogP contribution >= 0.6 is 0 Å². The molecule has 0 aromatic rings. The van der Waals surface area contributed by atoms with Crippen molar-refractivity contribution in [2.75, 3.05) is 6.61 Å². The molecular formula is C8H12F2O3. The number of rotatable bonds is 4. The molecule has 0 fully saturated rings. The van der Waals surface area contributed by atoms with Gasteiger partial charge in [-0.3, -0.25) is 4.79 Å². The van der Waals surface area contributed by atoms with Crippen LogP contribution in [-0.2, 0) is 14.3 Å². The van der Waals surface area contributed by atoms with Gasteiger partial charge in [-0.15, -0.1) is 0 Å². The maximum absolute atomic E-state index is 12.9. The molecule has 0 aliphatic rings. The number of halogens is 2. The van der Waals surface area contributed by atoms with E-state index in [9.17, 15) is 18.4 Å². The lowest BCUT2D eigenvalue weighted by atomic mass is 10.0. The van der Waals surface area contributed by atoms with E-state index in [4.69, 9.17) is 0 Å². The van der Waals surface area contributed by atoms with Crippen LogP contribution in [0.2, 0.25) is 0 Å². The summed E-state index contributed by atoms with van der Waals surface area (Å²) in [4.78, 5) is 21.4. The molecule has 76 valence electrons. The standard InChI is InChI=1S/C8H12F2O3/c1-4-13-7(12)6(11)8(9,10)5(2)3/h5H,4H2,1-3H3. The Bertz CT molecular complexity index is 211. The largest absolute Gasteiger partial charge is 0.460 e. The molecule has 0 aliphatic heterocycles. The monoisotopic (exact) mass is 194 g/mol. The van der Waals surface area contributed by atoms with Gasteiger partial charge in [0.15, 0.2) is 0 Å². The molecule has 13 heavy (non-hydrogen) atoms. The van der Waals surface area contributed by atoms with Crippen LogP contribution in [0.5, 0.6) is 0 Å². The maximum atomic E-state index is 12.9. The number of ketones is 1. The zero-order chi connectivity index (χ0) is 10.6. The van der Waals surface area contributed by atoms with Crippen LogP contribution in [0.25, 0.3) is 0 Å². The van der Waals surface area contributed by atoms with Crippen molar-refractivity contribution in [3.05, 3.63) is 0 Å². The third kappa shape index (κ3) is 2.75. The number of alkyl halides is 2. The van der Waals surface area contributed by atoms with E-state index < -0.39 is 23.6 Å². The van der Waals surface area contributed by atoms with E-state index in [1.54, 1.807) is 0 Å². The van der Waals surface area contributed by atoms with E-state index in [0.717, 1.165) is 13.8 Å². The Kier molecular flexibility index (Phi) is 3.97. The van der Waals surface area contributed by atoms with Crippen LogP contribution in [0.15, 0.2) is 0 Å². The lowest BCUT2D eigenvalue weighted by molar-refractivity contribution is -0.169. The minimum Gasteiger partial charge on any atom is -0.460 e. The Morgan fingerprint density at radius 2 is 1.85 bits per heavy atom. The Morgan fingerprint density at radius 3 is 2.15 bits per heavy atom. The molecule has 3 nitrogen and oxygen atoms in total. The van der Waals surface area contributed by atoms with Crippen LogP contribution in [-0.4, -0.2) is 24.3 Å². The molecule has 0 aliphatic carbocycles. The van der Waals surface area contributed by atoms with Crippen molar-refractivity contribution in [2.45, 2.75) is 26.7 Å². The summed E-state index contributed by atoms with van der Waals surface area (Å²) in [6.07, 6.45) is 0. The van der Waals surface area contributed by atoms with Crippen molar-refractivity contribution in [3.8, 4) is 0 Å². The fourth-order valence-corrected chi connectivity index (χ4v) is 0.595. The van der Waals surface area contributed by atoms with Crippen LogP contribution < -0.4 is 0 Å². The highest BCUT2D eigenvalue weighted by atomic mass is 19.3. The Morgan fingerprint density at radius 1 is 1.38 bits per heavy atom. The first-order valence-electron chi connectivity index (χ1n) is 3.93. The smallest absolute Gasteiger partial charge is 0.381 e. The summed E-state index contributed by atoms with van der Waals surface area (Å²) < 4.78 is 29.9. The van der Waals surface area contributed by atoms with Gasteiger partial charge in [0.05, 0.1) is 6.61 Å². The SMILES string of the molecule is CCOC(=O)C(=O)C(F)(F)C(C)C. The van der Waals surface area contributed by atoms with Crippen molar-refractivity contribution in [3.63, 3.8) is 0 Å². The first-order valence-corrected chi connectivity index (χ1v) is 3.93. The molecule has 0 atom stereocenters. The molecule has 0 heterocycles. The highest BCUT2D eigenvalue weighted by Gasteiger charge is 2.46. The molecule has 0 spiro atoms. The van der Waals surface area contributed by atoms with E-state index in [1.165, 1.54) is 6.92 Å². The van der Waals surface area contributed by atoms with Crippen molar-refractivity contribution in [1.82, 2.24) is 0 Å². The number of carbonyl (C=O) groups excluding carboxylic acids is 2. The fourth-order valence-electron chi connectivity index (χ4n) is 0.595. The van der Waals surface area contributed by atoms with Gasteiger partial charge in [-0.1, -0.05) is 13.8 Å².